The second kappa shape index (κ2) is 6.63. The molecule has 1 aromatic rings. The van der Waals surface area contributed by atoms with Gasteiger partial charge < -0.3 is 19.5 Å². The van der Waals surface area contributed by atoms with Crippen molar-refractivity contribution in [2.24, 2.45) is 0 Å². The maximum Gasteiger partial charge on any atom is 0.261 e. The maximum absolute atomic E-state index is 12.7. The minimum Gasteiger partial charge on any atom is -0.368 e. The molecular formula is C18H23N3O4. The van der Waals surface area contributed by atoms with Crippen molar-refractivity contribution in [3.05, 3.63) is 33.2 Å². The second-order valence-corrected chi connectivity index (χ2v) is 6.99. The first kappa shape index (κ1) is 16.3. The van der Waals surface area contributed by atoms with Crippen molar-refractivity contribution in [2.75, 3.05) is 32.8 Å². The van der Waals surface area contributed by atoms with Crippen LogP contribution in [0.5, 0.6) is 0 Å². The average molecular weight is 345 g/mol. The van der Waals surface area contributed by atoms with E-state index in [2.05, 4.69) is 4.98 Å². The summed E-state index contributed by atoms with van der Waals surface area (Å²) >= 11 is 0. The number of ether oxygens (including phenoxy) is 1. The van der Waals surface area contributed by atoms with E-state index in [9.17, 15) is 14.4 Å². The lowest BCUT2D eigenvalue weighted by Gasteiger charge is -2.35. The molecule has 1 aromatic heterocycles. The standard InChI is InChI=1S/C18H23N3O4/c22-16-13(11-12-3-1-4-14(12)19-16)17(23)20-6-8-21(9-7-20)18(24)15-5-2-10-25-15/h11,15H,1-10H2,(H,19,22)/t15-/m1/s1. The molecule has 134 valence electrons. The van der Waals surface area contributed by atoms with Crippen molar-refractivity contribution in [3.63, 3.8) is 0 Å². The zero-order valence-electron chi connectivity index (χ0n) is 14.3. The number of nitrogens with one attached hydrogen (secondary N) is 1. The molecule has 1 aliphatic carbocycles. The molecule has 1 atom stereocenters. The summed E-state index contributed by atoms with van der Waals surface area (Å²) in [4.78, 5) is 43.6. The highest BCUT2D eigenvalue weighted by molar-refractivity contribution is 5.94. The Balaban J connectivity index is 1.41. The maximum atomic E-state index is 12.7. The smallest absolute Gasteiger partial charge is 0.261 e. The van der Waals surface area contributed by atoms with Gasteiger partial charge in [0.15, 0.2) is 0 Å². The van der Waals surface area contributed by atoms with Crippen LogP contribution in [0.3, 0.4) is 0 Å². The van der Waals surface area contributed by atoms with Gasteiger partial charge >= 0.3 is 0 Å². The summed E-state index contributed by atoms with van der Waals surface area (Å²) in [6, 6.07) is 1.76. The zero-order valence-corrected chi connectivity index (χ0v) is 14.3. The molecular weight excluding hydrogens is 322 g/mol. The second-order valence-electron chi connectivity index (χ2n) is 6.99. The fourth-order valence-corrected chi connectivity index (χ4v) is 3.95. The Labute approximate surface area is 145 Å². The number of aromatic nitrogens is 1. The first-order valence-corrected chi connectivity index (χ1v) is 9.08. The van der Waals surface area contributed by atoms with Gasteiger partial charge in [0.05, 0.1) is 0 Å². The monoisotopic (exact) mass is 345 g/mol. The Morgan fingerprint density at radius 3 is 2.56 bits per heavy atom. The summed E-state index contributed by atoms with van der Waals surface area (Å²) in [5, 5.41) is 0. The number of hydrogen-bond acceptors (Lipinski definition) is 4. The summed E-state index contributed by atoms with van der Waals surface area (Å²) < 4.78 is 5.45. The third kappa shape index (κ3) is 3.08. The SMILES string of the molecule is O=C(c1cc2c([nH]c1=O)CCC2)N1CCN(C(=O)[C@H]2CCCO2)CC1. The number of carbonyl (C=O) groups excluding carboxylic acids is 2. The topological polar surface area (TPSA) is 82.7 Å². The number of H-pyrrole nitrogens is 1. The van der Waals surface area contributed by atoms with Crippen LogP contribution in [0.4, 0.5) is 0 Å². The van der Waals surface area contributed by atoms with Crippen LogP contribution < -0.4 is 5.56 Å². The van der Waals surface area contributed by atoms with E-state index in [0.29, 0.717) is 32.8 Å². The van der Waals surface area contributed by atoms with E-state index in [4.69, 9.17) is 4.74 Å². The number of hydrogen-bond donors (Lipinski definition) is 1. The molecule has 0 saturated carbocycles. The normalized spacial score (nSPS) is 23.0. The van der Waals surface area contributed by atoms with E-state index in [1.165, 1.54) is 0 Å². The van der Waals surface area contributed by atoms with Crippen molar-refractivity contribution in [3.8, 4) is 0 Å². The first-order valence-electron chi connectivity index (χ1n) is 9.08. The number of carbonyl (C=O) groups is 2. The van der Waals surface area contributed by atoms with Crippen LogP contribution in [-0.4, -0.2) is 65.5 Å². The number of aryl methyl sites for hydroxylation is 2. The highest BCUT2D eigenvalue weighted by atomic mass is 16.5. The number of amides is 2. The van der Waals surface area contributed by atoms with E-state index in [-0.39, 0.29) is 29.0 Å². The fraction of sp³-hybridized carbons (Fsp3) is 0.611. The predicted molar refractivity (Wildman–Crippen MR) is 90.5 cm³/mol. The van der Waals surface area contributed by atoms with Crippen molar-refractivity contribution in [1.82, 2.24) is 14.8 Å². The molecule has 0 spiro atoms. The van der Waals surface area contributed by atoms with E-state index in [1.807, 2.05) is 0 Å². The van der Waals surface area contributed by atoms with E-state index < -0.39 is 0 Å². The van der Waals surface area contributed by atoms with Gasteiger partial charge in [-0.25, -0.2) is 0 Å². The van der Waals surface area contributed by atoms with Crippen LogP contribution in [0, 0.1) is 0 Å². The molecule has 0 unspecified atom stereocenters. The molecule has 7 nitrogen and oxygen atoms in total. The van der Waals surface area contributed by atoms with E-state index in [0.717, 1.165) is 43.4 Å². The van der Waals surface area contributed by atoms with Crippen LogP contribution in [0.15, 0.2) is 10.9 Å². The van der Waals surface area contributed by atoms with Gasteiger partial charge in [0.25, 0.3) is 17.4 Å². The number of piperazine rings is 1. The molecule has 2 aliphatic heterocycles. The summed E-state index contributed by atoms with van der Waals surface area (Å²) in [6.07, 6.45) is 4.20. The van der Waals surface area contributed by atoms with Gasteiger partial charge in [0, 0.05) is 38.5 Å². The Bertz CT molecular complexity index is 743. The fourth-order valence-electron chi connectivity index (χ4n) is 3.95. The minimum atomic E-state index is -0.318. The molecule has 3 heterocycles. The Hall–Kier alpha value is -2.15. The van der Waals surface area contributed by atoms with E-state index in [1.54, 1.807) is 15.9 Å². The Morgan fingerprint density at radius 2 is 1.84 bits per heavy atom. The van der Waals surface area contributed by atoms with Crippen LogP contribution >= 0.6 is 0 Å². The van der Waals surface area contributed by atoms with Crippen molar-refractivity contribution in [1.29, 1.82) is 0 Å². The molecule has 0 bridgehead atoms. The largest absolute Gasteiger partial charge is 0.368 e. The molecule has 7 heteroatoms. The number of aromatic amines is 1. The van der Waals surface area contributed by atoms with Gasteiger partial charge in [0.1, 0.15) is 11.7 Å². The number of pyridine rings is 1. The molecule has 0 aromatic carbocycles. The van der Waals surface area contributed by atoms with Gasteiger partial charge in [-0.1, -0.05) is 0 Å². The van der Waals surface area contributed by atoms with Crippen LogP contribution in [0.25, 0.3) is 0 Å². The minimum absolute atomic E-state index is 0.0278. The highest BCUT2D eigenvalue weighted by Gasteiger charge is 2.32. The lowest BCUT2D eigenvalue weighted by molar-refractivity contribution is -0.142. The molecule has 3 aliphatic rings. The Morgan fingerprint density at radius 1 is 1.08 bits per heavy atom. The number of rotatable bonds is 2. The average Bonchev–Trinajstić information content (AvgIpc) is 3.31. The third-order valence-electron chi connectivity index (χ3n) is 5.40. The van der Waals surface area contributed by atoms with E-state index >= 15 is 0 Å². The quantitative estimate of drug-likeness (QED) is 0.837. The van der Waals surface area contributed by atoms with Crippen LogP contribution in [0.2, 0.25) is 0 Å². The molecule has 25 heavy (non-hydrogen) atoms. The molecule has 2 amide bonds. The summed E-state index contributed by atoms with van der Waals surface area (Å²) in [6.45, 7) is 2.54. The van der Waals surface area contributed by atoms with Crippen LogP contribution in [-0.2, 0) is 22.4 Å². The molecule has 2 saturated heterocycles. The van der Waals surface area contributed by atoms with Crippen molar-refractivity contribution in [2.45, 2.75) is 38.2 Å². The molecule has 2 fully saturated rings. The number of nitrogens with zero attached hydrogens (tertiary/aromatic N) is 2. The first-order chi connectivity index (χ1) is 12.1. The molecule has 4 rings (SSSR count). The summed E-state index contributed by atoms with van der Waals surface area (Å²) in [5.41, 5.74) is 1.96. The Kier molecular flexibility index (Phi) is 4.33. The van der Waals surface area contributed by atoms with Gasteiger partial charge in [0.2, 0.25) is 0 Å². The van der Waals surface area contributed by atoms with Gasteiger partial charge in [-0.15, -0.1) is 0 Å². The molecule has 0 radical (unpaired) electrons. The summed E-state index contributed by atoms with van der Waals surface area (Å²) in [5.74, 6) is -0.208. The van der Waals surface area contributed by atoms with Crippen molar-refractivity contribution >= 4 is 11.8 Å². The summed E-state index contributed by atoms with van der Waals surface area (Å²) in [7, 11) is 0. The van der Waals surface area contributed by atoms with Gasteiger partial charge in [-0.2, -0.15) is 0 Å². The number of fused-ring (bicyclic) bond motifs is 1. The van der Waals surface area contributed by atoms with Gasteiger partial charge in [-0.05, 0) is 43.7 Å². The highest BCUT2D eigenvalue weighted by Crippen LogP contribution is 2.20. The predicted octanol–water partition coefficient (Wildman–Crippen LogP) is 0.327. The third-order valence-corrected chi connectivity index (χ3v) is 5.40. The van der Waals surface area contributed by atoms with Crippen molar-refractivity contribution < 1.29 is 14.3 Å². The lowest BCUT2D eigenvalue weighted by atomic mass is 10.1. The lowest BCUT2D eigenvalue weighted by Crippen LogP contribution is -2.53. The van der Waals surface area contributed by atoms with Gasteiger partial charge in [-0.3, -0.25) is 14.4 Å². The molecule has 1 N–H and O–H groups in total. The zero-order chi connectivity index (χ0) is 17.4. The van der Waals surface area contributed by atoms with Crippen LogP contribution in [0.1, 0.15) is 40.9 Å².